The summed E-state index contributed by atoms with van der Waals surface area (Å²) in [4.78, 5) is 11.9. The Bertz CT molecular complexity index is 424. The number of nitrogens with one attached hydrogen (secondary N) is 1. The van der Waals surface area contributed by atoms with E-state index in [4.69, 9.17) is 4.74 Å². The fraction of sp³-hybridized carbons (Fsp3) is 0.533. The van der Waals surface area contributed by atoms with E-state index in [-0.39, 0.29) is 12.0 Å². The Morgan fingerprint density at radius 3 is 2.53 bits per heavy atom. The van der Waals surface area contributed by atoms with Crippen LogP contribution in [0.5, 0.6) is 5.75 Å². The molecule has 2 rings (SSSR count). The molecule has 0 bridgehead atoms. The van der Waals surface area contributed by atoms with Gasteiger partial charge >= 0.3 is 0 Å². The molecule has 1 saturated carbocycles. The van der Waals surface area contributed by atoms with Gasteiger partial charge in [-0.05, 0) is 56.9 Å². The second-order valence-electron chi connectivity index (χ2n) is 5.31. The highest BCUT2D eigenvalue weighted by Gasteiger charge is 2.29. The zero-order chi connectivity index (χ0) is 13.8. The topological polar surface area (TPSA) is 58.6 Å². The number of ether oxygens (including phenoxy) is 1. The van der Waals surface area contributed by atoms with Crippen molar-refractivity contribution in [1.29, 1.82) is 0 Å². The Morgan fingerprint density at radius 1 is 1.37 bits per heavy atom. The molecule has 0 saturated heterocycles. The smallest absolute Gasteiger partial charge is 0.251 e. The van der Waals surface area contributed by atoms with Crippen molar-refractivity contribution in [2.75, 3.05) is 6.54 Å². The molecule has 0 heterocycles. The van der Waals surface area contributed by atoms with Crippen molar-refractivity contribution < 1.29 is 14.6 Å². The molecule has 1 atom stereocenters. The molecule has 4 heteroatoms. The number of rotatable bonds is 6. The van der Waals surface area contributed by atoms with Crippen molar-refractivity contribution >= 4 is 5.91 Å². The van der Waals surface area contributed by atoms with Crippen LogP contribution in [0.15, 0.2) is 24.3 Å². The van der Waals surface area contributed by atoms with Crippen LogP contribution in [-0.4, -0.2) is 29.8 Å². The van der Waals surface area contributed by atoms with Crippen LogP contribution < -0.4 is 10.1 Å². The first-order valence-corrected chi connectivity index (χ1v) is 6.79. The van der Waals surface area contributed by atoms with E-state index in [0.717, 1.165) is 18.6 Å². The van der Waals surface area contributed by atoms with Gasteiger partial charge in [-0.15, -0.1) is 0 Å². The molecule has 1 amide bonds. The molecule has 1 aromatic rings. The molecule has 1 aromatic carbocycles. The number of aliphatic hydroxyl groups excluding tert-OH is 1. The third-order valence-electron chi connectivity index (χ3n) is 3.13. The normalized spacial score (nSPS) is 16.2. The zero-order valence-electron chi connectivity index (χ0n) is 11.4. The summed E-state index contributed by atoms with van der Waals surface area (Å²) in [6.45, 7) is 4.24. The van der Waals surface area contributed by atoms with Gasteiger partial charge < -0.3 is 15.2 Å². The molecule has 104 valence electrons. The number of amides is 1. The Hall–Kier alpha value is -1.55. The molecule has 1 aliphatic carbocycles. The molecule has 0 aliphatic heterocycles. The lowest BCUT2D eigenvalue weighted by atomic mass is 10.2. The quantitative estimate of drug-likeness (QED) is 0.825. The van der Waals surface area contributed by atoms with Gasteiger partial charge in [-0.25, -0.2) is 0 Å². The highest BCUT2D eigenvalue weighted by molar-refractivity contribution is 5.94. The number of carbonyl (C=O) groups is 1. The molecule has 19 heavy (non-hydrogen) atoms. The Labute approximate surface area is 113 Å². The Kier molecular flexibility index (Phi) is 4.43. The molecule has 1 fully saturated rings. The molecule has 1 unspecified atom stereocenters. The van der Waals surface area contributed by atoms with E-state index in [0.29, 0.717) is 18.0 Å². The third kappa shape index (κ3) is 4.24. The van der Waals surface area contributed by atoms with Gasteiger partial charge in [0.1, 0.15) is 5.75 Å². The largest absolute Gasteiger partial charge is 0.491 e. The molecular formula is C15H21NO3. The van der Waals surface area contributed by atoms with Gasteiger partial charge in [0.25, 0.3) is 5.91 Å². The van der Waals surface area contributed by atoms with E-state index in [1.807, 2.05) is 13.8 Å². The first kappa shape index (κ1) is 13.9. The summed E-state index contributed by atoms with van der Waals surface area (Å²) in [5.41, 5.74) is 0.583. The number of hydrogen-bond acceptors (Lipinski definition) is 3. The first-order valence-electron chi connectivity index (χ1n) is 6.79. The van der Waals surface area contributed by atoms with Crippen LogP contribution in [0.2, 0.25) is 0 Å². The van der Waals surface area contributed by atoms with Crippen molar-refractivity contribution in [3.63, 3.8) is 0 Å². The van der Waals surface area contributed by atoms with E-state index in [1.165, 1.54) is 0 Å². The van der Waals surface area contributed by atoms with Crippen molar-refractivity contribution in [2.45, 2.75) is 38.9 Å². The molecule has 1 aliphatic rings. The number of carbonyl (C=O) groups excluding carboxylic acids is 1. The van der Waals surface area contributed by atoms with Crippen LogP contribution in [0.4, 0.5) is 0 Å². The minimum Gasteiger partial charge on any atom is -0.491 e. The van der Waals surface area contributed by atoms with Gasteiger partial charge in [0.15, 0.2) is 0 Å². The standard InChI is InChI=1S/C15H21NO3/c1-10(2)19-13-7-5-12(6-8-13)15(18)16-9-14(17)11-3-4-11/h5-8,10-11,14,17H,3-4,9H2,1-2H3,(H,16,18). The summed E-state index contributed by atoms with van der Waals surface area (Å²) in [7, 11) is 0. The summed E-state index contributed by atoms with van der Waals surface area (Å²) >= 11 is 0. The average Bonchev–Trinajstić information content (AvgIpc) is 3.20. The lowest BCUT2D eigenvalue weighted by molar-refractivity contribution is 0.0901. The van der Waals surface area contributed by atoms with Crippen molar-refractivity contribution in [1.82, 2.24) is 5.32 Å². The van der Waals surface area contributed by atoms with E-state index in [1.54, 1.807) is 24.3 Å². The van der Waals surface area contributed by atoms with Crippen LogP contribution in [0, 0.1) is 5.92 Å². The van der Waals surface area contributed by atoms with Gasteiger partial charge in [0.2, 0.25) is 0 Å². The van der Waals surface area contributed by atoms with E-state index >= 15 is 0 Å². The molecule has 0 spiro atoms. The maximum atomic E-state index is 11.9. The highest BCUT2D eigenvalue weighted by Crippen LogP contribution is 2.32. The maximum Gasteiger partial charge on any atom is 0.251 e. The Morgan fingerprint density at radius 2 is 2.00 bits per heavy atom. The van der Waals surface area contributed by atoms with Crippen molar-refractivity contribution in [3.05, 3.63) is 29.8 Å². The molecule has 4 nitrogen and oxygen atoms in total. The fourth-order valence-corrected chi connectivity index (χ4v) is 1.90. The van der Waals surface area contributed by atoms with Crippen LogP contribution in [0.25, 0.3) is 0 Å². The SMILES string of the molecule is CC(C)Oc1ccc(C(=O)NCC(O)C2CC2)cc1. The lowest BCUT2D eigenvalue weighted by Gasteiger charge is -2.12. The molecule has 0 radical (unpaired) electrons. The van der Waals surface area contributed by atoms with Gasteiger partial charge in [0.05, 0.1) is 12.2 Å². The van der Waals surface area contributed by atoms with E-state index < -0.39 is 6.10 Å². The van der Waals surface area contributed by atoms with Crippen molar-refractivity contribution in [3.8, 4) is 5.75 Å². The fourth-order valence-electron chi connectivity index (χ4n) is 1.90. The molecular weight excluding hydrogens is 242 g/mol. The number of benzene rings is 1. The second-order valence-corrected chi connectivity index (χ2v) is 5.31. The van der Waals surface area contributed by atoms with Gasteiger partial charge in [-0.2, -0.15) is 0 Å². The third-order valence-corrected chi connectivity index (χ3v) is 3.13. The summed E-state index contributed by atoms with van der Waals surface area (Å²) in [5.74, 6) is 0.975. The van der Waals surface area contributed by atoms with Gasteiger partial charge in [0, 0.05) is 12.1 Å². The lowest BCUT2D eigenvalue weighted by Crippen LogP contribution is -2.33. The second kappa shape index (κ2) is 6.06. The number of aliphatic hydroxyl groups is 1. The minimum absolute atomic E-state index is 0.119. The van der Waals surface area contributed by atoms with Crippen LogP contribution in [0.3, 0.4) is 0 Å². The Balaban J connectivity index is 1.84. The average molecular weight is 263 g/mol. The van der Waals surface area contributed by atoms with E-state index in [2.05, 4.69) is 5.32 Å². The van der Waals surface area contributed by atoms with Gasteiger partial charge in [-0.3, -0.25) is 4.79 Å². The monoisotopic (exact) mass is 263 g/mol. The minimum atomic E-state index is -0.410. The van der Waals surface area contributed by atoms with Gasteiger partial charge in [-0.1, -0.05) is 0 Å². The van der Waals surface area contributed by atoms with Crippen LogP contribution >= 0.6 is 0 Å². The highest BCUT2D eigenvalue weighted by atomic mass is 16.5. The van der Waals surface area contributed by atoms with Crippen molar-refractivity contribution in [2.24, 2.45) is 5.92 Å². The predicted molar refractivity (Wildman–Crippen MR) is 73.3 cm³/mol. The van der Waals surface area contributed by atoms with Crippen LogP contribution in [-0.2, 0) is 0 Å². The summed E-state index contributed by atoms with van der Waals surface area (Å²) in [5, 5.41) is 12.4. The maximum absolute atomic E-state index is 11.9. The van der Waals surface area contributed by atoms with E-state index in [9.17, 15) is 9.90 Å². The summed E-state index contributed by atoms with van der Waals surface area (Å²) < 4.78 is 5.52. The molecule has 0 aromatic heterocycles. The van der Waals surface area contributed by atoms with Crippen LogP contribution in [0.1, 0.15) is 37.0 Å². The predicted octanol–water partition coefficient (Wildman–Crippen LogP) is 1.97. The zero-order valence-corrected chi connectivity index (χ0v) is 11.4. The first-order chi connectivity index (χ1) is 9.06. The number of hydrogen-bond donors (Lipinski definition) is 2. The summed E-state index contributed by atoms with van der Waals surface area (Å²) in [6.07, 6.45) is 1.84. The summed E-state index contributed by atoms with van der Waals surface area (Å²) in [6, 6.07) is 7.03. The molecule has 2 N–H and O–H groups in total.